The summed E-state index contributed by atoms with van der Waals surface area (Å²) in [5, 5.41) is 3.86. The maximum Gasteiger partial charge on any atom is 0.251 e. The molecule has 0 spiro atoms. The highest BCUT2D eigenvalue weighted by Crippen LogP contribution is 2.18. The average molecular weight is 330 g/mol. The van der Waals surface area contributed by atoms with Crippen LogP contribution in [-0.2, 0) is 0 Å². The summed E-state index contributed by atoms with van der Waals surface area (Å²) in [4.78, 5) is 16.8. The molecule has 1 aromatic rings. The van der Waals surface area contributed by atoms with Gasteiger partial charge in [0.1, 0.15) is 0 Å². The molecule has 1 aliphatic heterocycles. The maximum absolute atomic E-state index is 12.0. The van der Waals surface area contributed by atoms with Crippen LogP contribution < -0.4 is 5.32 Å². The molecule has 21 heavy (non-hydrogen) atoms. The minimum absolute atomic E-state index is 0.127. The SMILES string of the molecule is CN1CCN(CCCNC(=O)c2cc(Cl)cc(Cl)c2)CC1. The van der Waals surface area contributed by atoms with E-state index in [1.807, 2.05) is 0 Å². The summed E-state index contributed by atoms with van der Waals surface area (Å²) in [7, 11) is 2.15. The Kier molecular flexibility index (Phi) is 6.30. The smallest absolute Gasteiger partial charge is 0.251 e. The quantitative estimate of drug-likeness (QED) is 0.842. The first kappa shape index (κ1) is 16.6. The van der Waals surface area contributed by atoms with E-state index in [1.165, 1.54) is 0 Å². The molecule has 1 N–H and O–H groups in total. The van der Waals surface area contributed by atoms with Crippen molar-refractivity contribution < 1.29 is 4.79 Å². The third-order valence-electron chi connectivity index (χ3n) is 3.66. The third-order valence-corrected chi connectivity index (χ3v) is 4.09. The summed E-state index contributed by atoms with van der Waals surface area (Å²) in [5.74, 6) is -0.127. The van der Waals surface area contributed by atoms with Crippen LogP contribution in [0.5, 0.6) is 0 Å². The topological polar surface area (TPSA) is 35.6 Å². The van der Waals surface area contributed by atoms with E-state index < -0.39 is 0 Å². The molecule has 1 saturated heterocycles. The molecule has 2 rings (SSSR count). The summed E-state index contributed by atoms with van der Waals surface area (Å²) in [6, 6.07) is 4.87. The van der Waals surface area contributed by atoms with Gasteiger partial charge in [-0.05, 0) is 38.2 Å². The first-order valence-electron chi connectivity index (χ1n) is 7.20. The van der Waals surface area contributed by atoms with E-state index in [0.29, 0.717) is 22.2 Å². The lowest BCUT2D eigenvalue weighted by Crippen LogP contribution is -2.45. The fraction of sp³-hybridized carbons (Fsp3) is 0.533. The van der Waals surface area contributed by atoms with Crippen molar-refractivity contribution in [3.63, 3.8) is 0 Å². The van der Waals surface area contributed by atoms with Gasteiger partial charge in [0.05, 0.1) is 0 Å². The molecule has 1 heterocycles. The molecule has 0 saturated carbocycles. The number of likely N-dealkylation sites (N-methyl/N-ethyl adjacent to an activating group) is 1. The zero-order valence-electron chi connectivity index (χ0n) is 12.2. The molecule has 0 aliphatic carbocycles. The van der Waals surface area contributed by atoms with Crippen LogP contribution in [0.25, 0.3) is 0 Å². The second kappa shape index (κ2) is 7.99. The number of halogens is 2. The predicted molar refractivity (Wildman–Crippen MR) is 87.3 cm³/mol. The molecular weight excluding hydrogens is 309 g/mol. The fourth-order valence-corrected chi connectivity index (χ4v) is 2.89. The largest absolute Gasteiger partial charge is 0.352 e. The third kappa shape index (κ3) is 5.47. The predicted octanol–water partition coefficient (Wildman–Crippen LogP) is 2.36. The van der Waals surface area contributed by atoms with E-state index in [9.17, 15) is 4.79 Å². The van der Waals surface area contributed by atoms with Crippen molar-refractivity contribution in [2.45, 2.75) is 6.42 Å². The van der Waals surface area contributed by atoms with Crippen LogP contribution in [0, 0.1) is 0 Å². The molecule has 4 nitrogen and oxygen atoms in total. The van der Waals surface area contributed by atoms with Crippen LogP contribution in [0.2, 0.25) is 10.0 Å². The fourth-order valence-electron chi connectivity index (χ4n) is 2.36. The minimum Gasteiger partial charge on any atom is -0.352 e. The second-order valence-electron chi connectivity index (χ2n) is 5.41. The van der Waals surface area contributed by atoms with Crippen molar-refractivity contribution in [1.82, 2.24) is 15.1 Å². The van der Waals surface area contributed by atoms with Crippen LogP contribution in [0.3, 0.4) is 0 Å². The van der Waals surface area contributed by atoms with Crippen molar-refractivity contribution >= 4 is 29.1 Å². The zero-order valence-corrected chi connectivity index (χ0v) is 13.8. The molecule has 1 aliphatic rings. The monoisotopic (exact) mass is 329 g/mol. The number of nitrogens with zero attached hydrogens (tertiary/aromatic N) is 2. The second-order valence-corrected chi connectivity index (χ2v) is 6.29. The lowest BCUT2D eigenvalue weighted by molar-refractivity contribution is 0.0949. The van der Waals surface area contributed by atoms with Gasteiger partial charge in [0, 0.05) is 48.3 Å². The first-order chi connectivity index (χ1) is 10.0. The summed E-state index contributed by atoms with van der Waals surface area (Å²) in [6.07, 6.45) is 0.948. The van der Waals surface area contributed by atoms with Gasteiger partial charge in [-0.3, -0.25) is 4.79 Å². The Bertz CT molecular complexity index is 468. The van der Waals surface area contributed by atoms with Crippen molar-refractivity contribution in [2.75, 3.05) is 46.3 Å². The highest BCUT2D eigenvalue weighted by atomic mass is 35.5. The molecule has 116 valence electrons. The van der Waals surface area contributed by atoms with E-state index in [4.69, 9.17) is 23.2 Å². The van der Waals surface area contributed by atoms with Gasteiger partial charge in [0.2, 0.25) is 0 Å². The molecule has 0 unspecified atom stereocenters. The van der Waals surface area contributed by atoms with Gasteiger partial charge in [0.15, 0.2) is 0 Å². The van der Waals surface area contributed by atoms with Crippen LogP contribution in [0.4, 0.5) is 0 Å². The van der Waals surface area contributed by atoms with Gasteiger partial charge in [-0.1, -0.05) is 23.2 Å². The van der Waals surface area contributed by atoms with Gasteiger partial charge in [-0.2, -0.15) is 0 Å². The van der Waals surface area contributed by atoms with E-state index in [2.05, 4.69) is 22.2 Å². The number of amides is 1. The van der Waals surface area contributed by atoms with E-state index in [-0.39, 0.29) is 5.91 Å². The number of hydrogen-bond acceptors (Lipinski definition) is 3. The molecule has 1 fully saturated rings. The highest BCUT2D eigenvalue weighted by Gasteiger charge is 2.13. The summed E-state index contributed by atoms with van der Waals surface area (Å²) < 4.78 is 0. The van der Waals surface area contributed by atoms with Crippen LogP contribution in [0.15, 0.2) is 18.2 Å². The Morgan fingerprint density at radius 2 is 1.76 bits per heavy atom. The standard InChI is InChI=1S/C15H21Cl2N3O/c1-19-5-7-20(8-6-19)4-2-3-18-15(21)12-9-13(16)11-14(17)10-12/h9-11H,2-8H2,1H3,(H,18,21). The average Bonchev–Trinajstić information content (AvgIpc) is 2.44. The van der Waals surface area contributed by atoms with Gasteiger partial charge in [0.25, 0.3) is 5.91 Å². The number of carbonyl (C=O) groups is 1. The Labute approximate surface area is 136 Å². The number of nitrogens with one attached hydrogen (secondary N) is 1. The van der Waals surface area contributed by atoms with E-state index in [1.54, 1.807) is 18.2 Å². The summed E-state index contributed by atoms with van der Waals surface area (Å²) >= 11 is 11.8. The van der Waals surface area contributed by atoms with E-state index in [0.717, 1.165) is 39.1 Å². The van der Waals surface area contributed by atoms with Crippen molar-refractivity contribution in [2.24, 2.45) is 0 Å². The van der Waals surface area contributed by atoms with Crippen LogP contribution in [-0.4, -0.2) is 62.0 Å². The van der Waals surface area contributed by atoms with Gasteiger partial charge >= 0.3 is 0 Å². The number of piperazine rings is 1. The molecule has 6 heteroatoms. The van der Waals surface area contributed by atoms with Crippen LogP contribution in [0.1, 0.15) is 16.8 Å². The van der Waals surface area contributed by atoms with Crippen LogP contribution >= 0.6 is 23.2 Å². The van der Waals surface area contributed by atoms with Crippen molar-refractivity contribution in [3.05, 3.63) is 33.8 Å². The molecule has 0 atom stereocenters. The van der Waals surface area contributed by atoms with Crippen molar-refractivity contribution in [1.29, 1.82) is 0 Å². The first-order valence-corrected chi connectivity index (χ1v) is 7.95. The number of rotatable bonds is 5. The molecule has 0 radical (unpaired) electrons. The molecule has 1 amide bonds. The Balaban J connectivity index is 1.69. The van der Waals surface area contributed by atoms with E-state index >= 15 is 0 Å². The minimum atomic E-state index is -0.127. The summed E-state index contributed by atoms with van der Waals surface area (Å²) in [5.41, 5.74) is 0.507. The lowest BCUT2D eigenvalue weighted by atomic mass is 10.2. The Hall–Kier alpha value is -0.810. The van der Waals surface area contributed by atoms with Gasteiger partial charge < -0.3 is 15.1 Å². The molecular formula is C15H21Cl2N3O. The number of hydrogen-bond donors (Lipinski definition) is 1. The lowest BCUT2D eigenvalue weighted by Gasteiger charge is -2.32. The molecule has 0 bridgehead atoms. The normalized spacial score (nSPS) is 16.9. The Morgan fingerprint density at radius 1 is 1.14 bits per heavy atom. The highest BCUT2D eigenvalue weighted by molar-refractivity contribution is 6.35. The van der Waals surface area contributed by atoms with Gasteiger partial charge in [-0.15, -0.1) is 0 Å². The van der Waals surface area contributed by atoms with Gasteiger partial charge in [-0.25, -0.2) is 0 Å². The zero-order chi connectivity index (χ0) is 15.2. The molecule has 1 aromatic carbocycles. The van der Waals surface area contributed by atoms with Crippen molar-refractivity contribution in [3.8, 4) is 0 Å². The number of carbonyl (C=O) groups excluding carboxylic acids is 1. The molecule has 0 aromatic heterocycles. The number of benzene rings is 1. The Morgan fingerprint density at radius 3 is 2.38 bits per heavy atom. The maximum atomic E-state index is 12.0. The summed E-state index contributed by atoms with van der Waals surface area (Å²) in [6.45, 7) is 6.13.